The van der Waals surface area contributed by atoms with Crippen molar-refractivity contribution in [1.29, 1.82) is 0 Å². The molecule has 0 fully saturated rings. The number of carbonyl (C=O) groups excluding carboxylic acids is 1. The summed E-state index contributed by atoms with van der Waals surface area (Å²) in [6.07, 6.45) is 1.68. The molecule has 0 unspecified atom stereocenters. The minimum Gasteiger partial charge on any atom is -0.497 e. The number of amides is 1. The molecule has 0 aliphatic heterocycles. The quantitative estimate of drug-likeness (QED) is 0.521. The Morgan fingerprint density at radius 2 is 1.76 bits per heavy atom. The van der Waals surface area contributed by atoms with E-state index in [2.05, 4.69) is 15.3 Å². The third-order valence-electron chi connectivity index (χ3n) is 4.35. The number of ether oxygens (including phenoxy) is 1. The summed E-state index contributed by atoms with van der Waals surface area (Å²) in [4.78, 5) is 20.8. The highest BCUT2D eigenvalue weighted by molar-refractivity contribution is 5.92. The van der Waals surface area contributed by atoms with Gasteiger partial charge in [0.05, 0.1) is 7.11 Å². The minimum absolute atomic E-state index is 0.237. The van der Waals surface area contributed by atoms with E-state index in [0.717, 1.165) is 22.4 Å². The maximum atomic E-state index is 11.7. The molecule has 0 saturated heterocycles. The number of methoxy groups -OCH3 is 1. The molecule has 0 radical (unpaired) electrons. The van der Waals surface area contributed by atoms with Crippen LogP contribution in [0.2, 0.25) is 0 Å². The minimum atomic E-state index is -0.237. The van der Waals surface area contributed by atoms with Crippen LogP contribution in [0.15, 0.2) is 77.3 Å². The van der Waals surface area contributed by atoms with E-state index in [1.807, 2.05) is 66.7 Å². The summed E-state index contributed by atoms with van der Waals surface area (Å²) >= 11 is 0. The van der Waals surface area contributed by atoms with Gasteiger partial charge in [0.2, 0.25) is 17.7 Å². The average Bonchev–Trinajstić information content (AvgIpc) is 3.17. The van der Waals surface area contributed by atoms with Gasteiger partial charge >= 0.3 is 0 Å². The highest BCUT2D eigenvalue weighted by atomic mass is 16.5. The van der Waals surface area contributed by atoms with Crippen molar-refractivity contribution in [3.63, 3.8) is 0 Å². The van der Waals surface area contributed by atoms with Crippen molar-refractivity contribution in [3.05, 3.63) is 72.9 Å². The summed E-state index contributed by atoms with van der Waals surface area (Å²) < 4.78 is 11.3. The van der Waals surface area contributed by atoms with E-state index in [1.165, 1.54) is 6.92 Å². The molecule has 144 valence electrons. The van der Waals surface area contributed by atoms with Gasteiger partial charge in [-0.2, -0.15) is 0 Å². The Morgan fingerprint density at radius 3 is 2.52 bits per heavy atom. The Labute approximate surface area is 168 Å². The number of hydrogen-bond acceptors (Lipinski definition) is 5. The molecule has 4 rings (SSSR count). The van der Waals surface area contributed by atoms with Crippen LogP contribution in [-0.2, 0) is 4.79 Å². The molecule has 0 spiro atoms. The summed E-state index contributed by atoms with van der Waals surface area (Å²) in [5.74, 6) is 1.12. The smallest absolute Gasteiger partial charge is 0.248 e. The Bertz CT molecular complexity index is 1150. The molecule has 2 heterocycles. The van der Waals surface area contributed by atoms with Crippen LogP contribution in [0.1, 0.15) is 6.92 Å². The first-order chi connectivity index (χ1) is 14.2. The molecule has 2 aromatic heterocycles. The fourth-order valence-corrected chi connectivity index (χ4v) is 3.06. The number of nitrogens with one attached hydrogen (secondary N) is 1. The van der Waals surface area contributed by atoms with E-state index in [9.17, 15) is 4.79 Å². The highest BCUT2D eigenvalue weighted by Crippen LogP contribution is 2.36. The van der Waals surface area contributed by atoms with Crippen LogP contribution < -0.4 is 10.1 Å². The lowest BCUT2D eigenvalue weighted by Crippen LogP contribution is -2.05. The van der Waals surface area contributed by atoms with E-state index >= 15 is 0 Å². The van der Waals surface area contributed by atoms with Gasteiger partial charge in [0.1, 0.15) is 17.1 Å². The van der Waals surface area contributed by atoms with Crippen molar-refractivity contribution in [2.24, 2.45) is 0 Å². The molecular weight excluding hydrogens is 366 g/mol. The number of carbonyl (C=O) groups is 1. The van der Waals surface area contributed by atoms with Gasteiger partial charge < -0.3 is 9.15 Å². The topological polar surface area (TPSA) is 77.3 Å². The maximum Gasteiger partial charge on any atom is 0.248 e. The number of benzene rings is 2. The maximum absolute atomic E-state index is 11.7. The normalized spacial score (nSPS) is 10.6. The van der Waals surface area contributed by atoms with E-state index in [4.69, 9.17) is 9.15 Å². The van der Waals surface area contributed by atoms with Crippen LogP contribution in [0.4, 0.5) is 5.88 Å². The van der Waals surface area contributed by atoms with E-state index in [1.54, 1.807) is 13.3 Å². The predicted octanol–water partition coefficient (Wildman–Crippen LogP) is 5.04. The van der Waals surface area contributed by atoms with Gasteiger partial charge in [0.15, 0.2) is 0 Å². The number of aromatic nitrogens is 2. The van der Waals surface area contributed by atoms with Crippen molar-refractivity contribution < 1.29 is 13.9 Å². The summed E-state index contributed by atoms with van der Waals surface area (Å²) in [6.45, 7) is 1.43. The molecule has 6 heteroatoms. The second-order valence-corrected chi connectivity index (χ2v) is 6.38. The SMILES string of the molecule is COc1cccc(-c2cccnc2-c2nc(-c3ccccc3)c(NC(C)=O)o2)c1. The van der Waals surface area contributed by atoms with Crippen LogP contribution in [-0.4, -0.2) is 23.0 Å². The van der Waals surface area contributed by atoms with E-state index < -0.39 is 0 Å². The van der Waals surface area contributed by atoms with Crippen molar-refractivity contribution >= 4 is 11.8 Å². The predicted molar refractivity (Wildman–Crippen MR) is 111 cm³/mol. The van der Waals surface area contributed by atoms with Gasteiger partial charge in [-0.05, 0) is 23.8 Å². The molecule has 0 aliphatic carbocycles. The Hall–Kier alpha value is -3.93. The Morgan fingerprint density at radius 1 is 0.966 bits per heavy atom. The zero-order chi connectivity index (χ0) is 20.2. The zero-order valence-electron chi connectivity index (χ0n) is 16.0. The lowest BCUT2D eigenvalue weighted by Gasteiger charge is -2.07. The lowest BCUT2D eigenvalue weighted by molar-refractivity contribution is -0.114. The molecule has 0 atom stereocenters. The molecule has 1 N–H and O–H groups in total. The number of pyridine rings is 1. The van der Waals surface area contributed by atoms with E-state index in [0.29, 0.717) is 23.2 Å². The van der Waals surface area contributed by atoms with Gasteiger partial charge in [0.25, 0.3) is 0 Å². The Kier molecular flexibility index (Phi) is 5.07. The summed E-state index contributed by atoms with van der Waals surface area (Å²) in [5.41, 5.74) is 3.74. The molecule has 0 saturated carbocycles. The molecule has 4 aromatic rings. The van der Waals surface area contributed by atoms with Crippen LogP contribution in [0.25, 0.3) is 34.0 Å². The monoisotopic (exact) mass is 385 g/mol. The van der Waals surface area contributed by atoms with Crippen LogP contribution >= 0.6 is 0 Å². The lowest BCUT2D eigenvalue weighted by atomic mass is 10.0. The number of anilines is 1. The summed E-state index contributed by atoms with van der Waals surface area (Å²) in [6, 6.07) is 21.1. The number of rotatable bonds is 5. The number of oxazole rings is 1. The third kappa shape index (κ3) is 3.87. The van der Waals surface area contributed by atoms with E-state index in [-0.39, 0.29) is 5.91 Å². The molecule has 29 heavy (non-hydrogen) atoms. The Balaban J connectivity index is 1.86. The largest absolute Gasteiger partial charge is 0.497 e. The third-order valence-corrected chi connectivity index (χ3v) is 4.35. The zero-order valence-corrected chi connectivity index (χ0v) is 16.0. The van der Waals surface area contributed by atoms with Gasteiger partial charge in [0, 0.05) is 24.2 Å². The van der Waals surface area contributed by atoms with Gasteiger partial charge in [-0.25, -0.2) is 4.98 Å². The molecule has 1 amide bonds. The fraction of sp³-hybridized carbons (Fsp3) is 0.0870. The second kappa shape index (κ2) is 7.98. The first kappa shape index (κ1) is 18.4. The average molecular weight is 385 g/mol. The van der Waals surface area contributed by atoms with Crippen LogP contribution in [0.3, 0.4) is 0 Å². The molecule has 0 bridgehead atoms. The summed E-state index contributed by atoms with van der Waals surface area (Å²) in [5, 5.41) is 2.72. The van der Waals surface area contributed by atoms with Crippen LogP contribution in [0, 0.1) is 0 Å². The van der Waals surface area contributed by atoms with Gasteiger partial charge in [-0.1, -0.05) is 48.5 Å². The van der Waals surface area contributed by atoms with Gasteiger partial charge in [-0.3, -0.25) is 15.1 Å². The molecule has 6 nitrogen and oxygen atoms in total. The molecule has 2 aromatic carbocycles. The standard InChI is InChI=1S/C23H19N3O3/c1-15(27)25-22-20(16-8-4-3-5-9-16)26-23(29-22)21-19(12-7-13-24-21)17-10-6-11-18(14-17)28-2/h3-14H,1-2H3,(H,25,27). The molecular formula is C23H19N3O3. The first-order valence-corrected chi connectivity index (χ1v) is 9.09. The number of hydrogen-bond donors (Lipinski definition) is 1. The summed E-state index contributed by atoms with van der Waals surface area (Å²) in [7, 11) is 1.63. The first-order valence-electron chi connectivity index (χ1n) is 9.09. The van der Waals surface area contributed by atoms with Crippen molar-refractivity contribution in [2.45, 2.75) is 6.92 Å². The van der Waals surface area contributed by atoms with Crippen molar-refractivity contribution in [1.82, 2.24) is 9.97 Å². The molecule has 0 aliphatic rings. The second-order valence-electron chi connectivity index (χ2n) is 6.38. The van der Waals surface area contributed by atoms with Crippen molar-refractivity contribution in [2.75, 3.05) is 12.4 Å². The highest BCUT2D eigenvalue weighted by Gasteiger charge is 2.20. The van der Waals surface area contributed by atoms with Crippen LogP contribution in [0.5, 0.6) is 5.75 Å². The van der Waals surface area contributed by atoms with Gasteiger partial charge in [-0.15, -0.1) is 0 Å². The van der Waals surface area contributed by atoms with Crippen molar-refractivity contribution in [3.8, 4) is 39.7 Å². The number of nitrogens with zero attached hydrogens (tertiary/aromatic N) is 2. The fourth-order valence-electron chi connectivity index (χ4n) is 3.06.